The van der Waals surface area contributed by atoms with Crippen LogP contribution >= 0.6 is 15.6 Å². The van der Waals surface area contributed by atoms with Crippen molar-refractivity contribution in [3.63, 3.8) is 0 Å². The van der Waals surface area contributed by atoms with E-state index in [9.17, 15) is 43.2 Å². The number of phosphoric acid groups is 2. The van der Waals surface area contributed by atoms with Gasteiger partial charge in [0.2, 0.25) is 0 Å². The van der Waals surface area contributed by atoms with Gasteiger partial charge in [-0.25, -0.2) is 9.13 Å². The number of hydrogen-bond donors (Lipinski definition) is 3. The van der Waals surface area contributed by atoms with Gasteiger partial charge in [0.1, 0.15) is 19.3 Å². The van der Waals surface area contributed by atoms with Crippen LogP contribution in [-0.4, -0.2) is 96.7 Å². The first-order chi connectivity index (χ1) is 45.7. The van der Waals surface area contributed by atoms with E-state index in [1.807, 2.05) is 0 Å². The zero-order valence-corrected chi connectivity index (χ0v) is 63.9. The number of unbranched alkanes of at least 4 members (excludes halogenated alkanes) is 42. The van der Waals surface area contributed by atoms with Crippen LogP contribution in [0.1, 0.15) is 389 Å². The summed E-state index contributed by atoms with van der Waals surface area (Å²) >= 11 is 0. The van der Waals surface area contributed by atoms with Crippen molar-refractivity contribution in [3.05, 3.63) is 0 Å². The number of ether oxygens (including phenoxy) is 4. The third-order valence-corrected chi connectivity index (χ3v) is 19.5. The molecule has 0 saturated heterocycles. The van der Waals surface area contributed by atoms with Gasteiger partial charge < -0.3 is 33.8 Å². The first kappa shape index (κ1) is 93.1. The number of phosphoric ester groups is 2. The van der Waals surface area contributed by atoms with E-state index in [2.05, 4.69) is 48.5 Å². The normalized spacial score (nSPS) is 14.1. The van der Waals surface area contributed by atoms with Crippen molar-refractivity contribution in [2.24, 2.45) is 17.8 Å². The predicted molar refractivity (Wildman–Crippen MR) is 386 cm³/mol. The van der Waals surface area contributed by atoms with Crippen LogP contribution in [0.2, 0.25) is 0 Å². The molecule has 0 fully saturated rings. The Kier molecular flexibility index (Phi) is 65.2. The maximum atomic E-state index is 13.1. The molecule has 564 valence electrons. The summed E-state index contributed by atoms with van der Waals surface area (Å²) in [5, 5.41) is 10.6. The van der Waals surface area contributed by atoms with Crippen LogP contribution in [0.3, 0.4) is 0 Å². The summed E-state index contributed by atoms with van der Waals surface area (Å²) < 4.78 is 68.5. The smallest absolute Gasteiger partial charge is 0.462 e. The van der Waals surface area contributed by atoms with E-state index in [0.717, 1.165) is 108 Å². The predicted octanol–water partition coefficient (Wildman–Crippen LogP) is 22.2. The topological polar surface area (TPSA) is 237 Å². The lowest BCUT2D eigenvalue weighted by molar-refractivity contribution is -0.161. The van der Waals surface area contributed by atoms with Gasteiger partial charge in [0, 0.05) is 25.7 Å². The fourth-order valence-electron chi connectivity index (χ4n) is 11.6. The second kappa shape index (κ2) is 66.6. The highest BCUT2D eigenvalue weighted by molar-refractivity contribution is 7.47. The number of rotatable bonds is 74. The first-order valence-corrected chi connectivity index (χ1v) is 42.3. The fourth-order valence-corrected chi connectivity index (χ4v) is 13.2. The molecule has 2 unspecified atom stereocenters. The molecule has 0 radical (unpaired) electrons. The molecule has 0 aromatic rings. The molecule has 19 heteroatoms. The van der Waals surface area contributed by atoms with Crippen LogP contribution < -0.4 is 0 Å². The Labute approximate surface area is 581 Å². The summed E-state index contributed by atoms with van der Waals surface area (Å²) in [7, 11) is -9.91. The monoisotopic (exact) mass is 1400 g/mol. The van der Waals surface area contributed by atoms with Crippen LogP contribution in [0.25, 0.3) is 0 Å². The van der Waals surface area contributed by atoms with Crippen molar-refractivity contribution in [2.45, 2.75) is 407 Å². The Morgan fingerprint density at radius 3 is 0.716 bits per heavy atom. The molecular formula is C76H148O17P2. The summed E-state index contributed by atoms with van der Waals surface area (Å²) in [4.78, 5) is 72.8. The van der Waals surface area contributed by atoms with Gasteiger partial charge in [-0.1, -0.05) is 337 Å². The standard InChI is InChI=1S/C76H148O17P2/c1-8-9-10-11-12-13-14-19-25-31-36-45-52-59-76(81)93-72(64-87-74(79)58-51-44-39-38-42-49-56-69(6)7)66-91-95(84,85)89-62-70(77)61-88-94(82,83)90-65-71(63-86-73(78)57-50-43-35-30-27-22-24-29-34-41-48-55-68(4)5)92-75(80)60-53-46-37-32-26-21-18-16-15-17-20-23-28-33-40-47-54-67(2)3/h67-72,77H,8-66H2,1-7H3,(H,82,83)(H,84,85)/t70-,71-,72-/m1/s1. The number of esters is 4. The number of aliphatic hydroxyl groups excluding tert-OH is 1. The SMILES string of the molecule is CCCCCCCCCCCCCCCC(=O)O[C@H](COC(=O)CCCCCCCCC(C)C)COP(=O)(O)OC[C@H](O)COP(=O)(O)OC[C@@H](COC(=O)CCCCCCCCCCCCCC(C)C)OC(=O)CCCCCCCCCCCCCCCCCCC(C)C. The Balaban J connectivity index is 5.22. The lowest BCUT2D eigenvalue weighted by Gasteiger charge is -2.21. The second-order valence-electron chi connectivity index (χ2n) is 28.8. The zero-order valence-electron chi connectivity index (χ0n) is 62.1. The van der Waals surface area contributed by atoms with E-state index in [1.54, 1.807) is 0 Å². The van der Waals surface area contributed by atoms with Crippen molar-refractivity contribution >= 4 is 39.5 Å². The second-order valence-corrected chi connectivity index (χ2v) is 31.7. The van der Waals surface area contributed by atoms with Gasteiger partial charge >= 0.3 is 39.5 Å². The van der Waals surface area contributed by atoms with Gasteiger partial charge in [-0.05, 0) is 43.4 Å². The lowest BCUT2D eigenvalue weighted by Crippen LogP contribution is -2.30. The minimum atomic E-state index is -4.96. The Bertz CT molecular complexity index is 1850. The van der Waals surface area contributed by atoms with Gasteiger partial charge in [-0.15, -0.1) is 0 Å². The van der Waals surface area contributed by atoms with Gasteiger partial charge in [-0.2, -0.15) is 0 Å². The molecule has 0 aliphatic rings. The average molecular weight is 1400 g/mol. The quantitative estimate of drug-likeness (QED) is 0.0222. The molecule has 0 aromatic carbocycles. The van der Waals surface area contributed by atoms with Crippen molar-refractivity contribution in [1.29, 1.82) is 0 Å². The number of aliphatic hydroxyl groups is 1. The van der Waals surface area contributed by atoms with Gasteiger partial charge in [0.15, 0.2) is 12.2 Å². The van der Waals surface area contributed by atoms with Gasteiger partial charge in [0.05, 0.1) is 26.4 Å². The molecule has 0 rings (SSSR count). The molecule has 0 aliphatic heterocycles. The number of hydrogen-bond acceptors (Lipinski definition) is 15. The van der Waals surface area contributed by atoms with Crippen molar-refractivity contribution in [2.75, 3.05) is 39.6 Å². The highest BCUT2D eigenvalue weighted by Gasteiger charge is 2.30. The molecule has 0 aromatic heterocycles. The molecule has 3 N–H and O–H groups in total. The van der Waals surface area contributed by atoms with Crippen LogP contribution in [0, 0.1) is 17.8 Å². The van der Waals surface area contributed by atoms with Crippen LogP contribution in [0.4, 0.5) is 0 Å². The maximum absolute atomic E-state index is 13.1. The summed E-state index contributed by atoms with van der Waals surface area (Å²) in [6.07, 6.45) is 52.8. The highest BCUT2D eigenvalue weighted by atomic mass is 31.2. The van der Waals surface area contributed by atoms with Gasteiger partial charge in [0.25, 0.3) is 0 Å². The van der Waals surface area contributed by atoms with Crippen molar-refractivity contribution in [3.8, 4) is 0 Å². The lowest BCUT2D eigenvalue weighted by atomic mass is 10.0. The summed E-state index contributed by atoms with van der Waals surface area (Å²) in [6.45, 7) is 11.9. The third kappa shape index (κ3) is 70.3. The van der Waals surface area contributed by atoms with E-state index in [-0.39, 0.29) is 25.7 Å². The Morgan fingerprint density at radius 1 is 0.284 bits per heavy atom. The molecule has 0 aliphatic carbocycles. The largest absolute Gasteiger partial charge is 0.472 e. The highest BCUT2D eigenvalue weighted by Crippen LogP contribution is 2.45. The Morgan fingerprint density at radius 2 is 0.484 bits per heavy atom. The molecular weight excluding hydrogens is 1250 g/mol. The summed E-state index contributed by atoms with van der Waals surface area (Å²) in [5.41, 5.74) is 0. The fraction of sp³-hybridized carbons (Fsp3) is 0.947. The maximum Gasteiger partial charge on any atom is 0.472 e. The van der Waals surface area contributed by atoms with E-state index in [1.165, 1.54) is 193 Å². The third-order valence-electron chi connectivity index (χ3n) is 17.6. The first-order valence-electron chi connectivity index (χ1n) is 39.3. The number of carbonyl (C=O) groups excluding carboxylic acids is 4. The summed E-state index contributed by atoms with van der Waals surface area (Å²) in [6, 6.07) is 0. The molecule has 17 nitrogen and oxygen atoms in total. The molecule has 95 heavy (non-hydrogen) atoms. The van der Waals surface area contributed by atoms with Crippen LogP contribution in [0.5, 0.6) is 0 Å². The van der Waals surface area contributed by atoms with E-state index >= 15 is 0 Å². The minimum absolute atomic E-state index is 0.106. The van der Waals surface area contributed by atoms with Crippen LogP contribution in [-0.2, 0) is 65.4 Å². The zero-order chi connectivity index (χ0) is 70.1. The molecule has 0 saturated carbocycles. The van der Waals surface area contributed by atoms with E-state index in [0.29, 0.717) is 31.6 Å². The molecule has 0 amide bonds. The van der Waals surface area contributed by atoms with Crippen LogP contribution in [0.15, 0.2) is 0 Å². The number of carbonyl (C=O) groups is 4. The van der Waals surface area contributed by atoms with Gasteiger partial charge in [-0.3, -0.25) is 37.3 Å². The van der Waals surface area contributed by atoms with Crippen molar-refractivity contribution < 1.29 is 80.2 Å². The van der Waals surface area contributed by atoms with E-state index < -0.39 is 97.5 Å². The molecule has 5 atom stereocenters. The molecule has 0 heterocycles. The summed E-state index contributed by atoms with van der Waals surface area (Å²) in [5.74, 6) is 0.141. The average Bonchev–Trinajstić information content (AvgIpc) is 1.93. The molecule has 0 bridgehead atoms. The Hall–Kier alpha value is -1.94. The molecule has 0 spiro atoms. The van der Waals surface area contributed by atoms with Crippen molar-refractivity contribution in [1.82, 2.24) is 0 Å². The van der Waals surface area contributed by atoms with E-state index in [4.69, 9.17) is 37.0 Å². The minimum Gasteiger partial charge on any atom is -0.462 e.